The molecule has 3 rings (SSSR count). The molecule has 1 N–H and O–H groups in total. The molecule has 12 nitrogen and oxygen atoms in total. The summed E-state index contributed by atoms with van der Waals surface area (Å²) in [6.45, 7) is 1.33. The second-order valence-electron chi connectivity index (χ2n) is 7.34. The van der Waals surface area contributed by atoms with Crippen molar-refractivity contribution in [2.24, 2.45) is 0 Å². The number of rotatable bonds is 7. The van der Waals surface area contributed by atoms with Gasteiger partial charge in [-0.1, -0.05) is 5.21 Å². The lowest BCUT2D eigenvalue weighted by atomic mass is 10.0. The Labute approximate surface area is 189 Å². The molecule has 2 heterocycles. The van der Waals surface area contributed by atoms with Gasteiger partial charge in [0, 0.05) is 18.8 Å². The maximum atomic E-state index is 12.4. The molecule has 176 valence electrons. The van der Waals surface area contributed by atoms with Gasteiger partial charge in [0.05, 0.1) is 39.5 Å². The summed E-state index contributed by atoms with van der Waals surface area (Å²) in [6, 6.07) is 6.23. The van der Waals surface area contributed by atoms with Gasteiger partial charge in [-0.05, 0) is 37.1 Å². The number of piperidine rings is 1. The summed E-state index contributed by atoms with van der Waals surface area (Å²) in [5.41, 5.74) is 0.732. The van der Waals surface area contributed by atoms with E-state index in [1.807, 2.05) is 4.90 Å². The van der Waals surface area contributed by atoms with Crippen molar-refractivity contribution in [3.05, 3.63) is 41.2 Å². The van der Waals surface area contributed by atoms with Crippen LogP contribution in [0, 0.1) is 0 Å². The Balaban J connectivity index is 1.57. The number of aromatic nitrogens is 3. The smallest absolute Gasteiger partial charge is 0.361 e. The first-order valence-corrected chi connectivity index (χ1v) is 10.2. The molecular formula is C21H25N5O7. The number of hydrogen-bond acceptors (Lipinski definition) is 10. The van der Waals surface area contributed by atoms with E-state index in [1.54, 1.807) is 24.3 Å². The monoisotopic (exact) mass is 459 g/mol. The van der Waals surface area contributed by atoms with Crippen molar-refractivity contribution in [3.8, 4) is 0 Å². The fourth-order valence-electron chi connectivity index (χ4n) is 3.60. The highest BCUT2D eigenvalue weighted by Crippen LogP contribution is 2.25. The van der Waals surface area contributed by atoms with E-state index < -0.39 is 17.9 Å². The molecule has 12 heteroatoms. The molecule has 1 amide bonds. The zero-order valence-corrected chi connectivity index (χ0v) is 18.6. The van der Waals surface area contributed by atoms with Crippen molar-refractivity contribution >= 4 is 29.5 Å². The van der Waals surface area contributed by atoms with Crippen LogP contribution in [0.5, 0.6) is 0 Å². The number of nitrogens with zero attached hydrogens (tertiary/aromatic N) is 4. The van der Waals surface area contributed by atoms with Crippen LogP contribution in [0.15, 0.2) is 24.3 Å². The topological polar surface area (TPSA) is 142 Å². The number of anilines is 1. The molecule has 0 bridgehead atoms. The third kappa shape index (κ3) is 5.52. The van der Waals surface area contributed by atoms with E-state index in [0.717, 1.165) is 0 Å². The number of carbonyl (C=O) groups excluding carboxylic acids is 4. The summed E-state index contributed by atoms with van der Waals surface area (Å²) in [4.78, 5) is 50.0. The predicted octanol–water partition coefficient (Wildman–Crippen LogP) is 0.914. The zero-order valence-electron chi connectivity index (χ0n) is 18.6. The number of esters is 3. The van der Waals surface area contributed by atoms with Gasteiger partial charge < -0.3 is 19.5 Å². The second-order valence-corrected chi connectivity index (χ2v) is 7.34. The molecule has 1 saturated heterocycles. The number of benzene rings is 1. The van der Waals surface area contributed by atoms with Gasteiger partial charge in [-0.3, -0.25) is 9.69 Å². The zero-order chi connectivity index (χ0) is 24.0. The van der Waals surface area contributed by atoms with Gasteiger partial charge in [0.25, 0.3) is 0 Å². The summed E-state index contributed by atoms with van der Waals surface area (Å²) < 4.78 is 15.5. The van der Waals surface area contributed by atoms with Crippen LogP contribution in [0.2, 0.25) is 0 Å². The van der Waals surface area contributed by atoms with E-state index in [-0.39, 0.29) is 29.9 Å². The molecule has 0 spiro atoms. The Morgan fingerprint density at radius 1 is 0.939 bits per heavy atom. The number of amides is 1. The standard InChI is InChI=1S/C21H25N5O7/c1-31-19(28)13-4-6-14(7-5-13)22-16(27)12-25-10-8-15(9-11-25)26-18(21(30)33-3)17(23-24-26)20(29)32-2/h4-7,15H,8-12H2,1-3H3,(H,22,27). The van der Waals surface area contributed by atoms with E-state index in [4.69, 9.17) is 4.74 Å². The van der Waals surface area contributed by atoms with Gasteiger partial charge >= 0.3 is 17.9 Å². The summed E-state index contributed by atoms with van der Waals surface area (Å²) in [7, 11) is 3.71. The van der Waals surface area contributed by atoms with Crippen LogP contribution in [0.25, 0.3) is 0 Å². The Morgan fingerprint density at radius 3 is 2.12 bits per heavy atom. The van der Waals surface area contributed by atoms with Crippen molar-refractivity contribution in [1.82, 2.24) is 19.9 Å². The molecule has 0 aliphatic carbocycles. The normalized spacial score (nSPS) is 14.4. The average molecular weight is 459 g/mol. The van der Waals surface area contributed by atoms with Crippen LogP contribution in [-0.4, -0.2) is 84.7 Å². The van der Waals surface area contributed by atoms with E-state index in [0.29, 0.717) is 37.2 Å². The highest BCUT2D eigenvalue weighted by atomic mass is 16.5. The number of hydrogen-bond donors (Lipinski definition) is 1. The number of ether oxygens (including phenoxy) is 3. The van der Waals surface area contributed by atoms with Crippen LogP contribution in [-0.2, 0) is 19.0 Å². The minimum atomic E-state index is -0.768. The molecule has 2 aromatic rings. The summed E-state index contributed by atoms with van der Waals surface area (Å²) >= 11 is 0. The fraction of sp³-hybridized carbons (Fsp3) is 0.429. The lowest BCUT2D eigenvalue weighted by Gasteiger charge is -2.31. The molecule has 1 aromatic carbocycles. The maximum absolute atomic E-state index is 12.4. The SMILES string of the molecule is COC(=O)c1ccc(NC(=O)CN2CCC(n3nnc(C(=O)OC)c3C(=O)OC)CC2)cc1. The van der Waals surface area contributed by atoms with Gasteiger partial charge in [-0.25, -0.2) is 19.1 Å². The van der Waals surface area contributed by atoms with Gasteiger partial charge in [0.1, 0.15) is 0 Å². The van der Waals surface area contributed by atoms with Crippen molar-refractivity contribution < 1.29 is 33.4 Å². The molecule has 0 unspecified atom stereocenters. The van der Waals surface area contributed by atoms with E-state index >= 15 is 0 Å². The molecule has 1 fully saturated rings. The minimum Gasteiger partial charge on any atom is -0.465 e. The fourth-order valence-corrected chi connectivity index (χ4v) is 3.60. The molecule has 1 aliphatic rings. The highest BCUT2D eigenvalue weighted by molar-refractivity contribution is 6.00. The molecule has 33 heavy (non-hydrogen) atoms. The molecule has 1 aromatic heterocycles. The highest BCUT2D eigenvalue weighted by Gasteiger charge is 2.32. The summed E-state index contributed by atoms with van der Waals surface area (Å²) in [5, 5.41) is 10.6. The minimum absolute atomic E-state index is 0.0454. The molecule has 0 saturated carbocycles. The first-order valence-electron chi connectivity index (χ1n) is 10.2. The Kier molecular flexibility index (Phi) is 7.72. The Hall–Kier alpha value is -3.80. The molecule has 1 aliphatic heterocycles. The van der Waals surface area contributed by atoms with Crippen molar-refractivity contribution in [1.29, 1.82) is 0 Å². The largest absolute Gasteiger partial charge is 0.465 e. The lowest BCUT2D eigenvalue weighted by molar-refractivity contribution is -0.117. The van der Waals surface area contributed by atoms with Gasteiger partial charge in [0.2, 0.25) is 11.6 Å². The second kappa shape index (κ2) is 10.7. The third-order valence-corrected chi connectivity index (χ3v) is 5.31. The van der Waals surface area contributed by atoms with Crippen molar-refractivity contribution in [2.75, 3.05) is 46.3 Å². The predicted molar refractivity (Wildman–Crippen MR) is 114 cm³/mol. The van der Waals surface area contributed by atoms with Crippen LogP contribution < -0.4 is 5.32 Å². The molecular weight excluding hydrogens is 434 g/mol. The number of nitrogens with one attached hydrogen (secondary N) is 1. The Morgan fingerprint density at radius 2 is 1.55 bits per heavy atom. The van der Waals surface area contributed by atoms with E-state index in [9.17, 15) is 19.2 Å². The molecule has 0 atom stereocenters. The van der Waals surface area contributed by atoms with E-state index in [1.165, 1.54) is 26.0 Å². The van der Waals surface area contributed by atoms with Gasteiger partial charge in [0.15, 0.2) is 5.69 Å². The average Bonchev–Trinajstić information content (AvgIpc) is 3.28. The lowest BCUT2D eigenvalue weighted by Crippen LogP contribution is -2.40. The van der Waals surface area contributed by atoms with Crippen LogP contribution in [0.3, 0.4) is 0 Å². The first kappa shape index (κ1) is 23.9. The van der Waals surface area contributed by atoms with Crippen LogP contribution in [0.4, 0.5) is 5.69 Å². The molecule has 0 radical (unpaired) electrons. The van der Waals surface area contributed by atoms with Gasteiger partial charge in [-0.15, -0.1) is 5.10 Å². The maximum Gasteiger partial charge on any atom is 0.361 e. The first-order chi connectivity index (χ1) is 15.9. The van der Waals surface area contributed by atoms with Crippen molar-refractivity contribution in [3.63, 3.8) is 0 Å². The number of methoxy groups -OCH3 is 3. The number of likely N-dealkylation sites (tertiary alicyclic amines) is 1. The van der Waals surface area contributed by atoms with Crippen LogP contribution in [0.1, 0.15) is 50.2 Å². The summed E-state index contributed by atoms with van der Waals surface area (Å²) in [5.74, 6) is -2.13. The third-order valence-electron chi connectivity index (χ3n) is 5.31. The Bertz CT molecular complexity index is 1030. The number of carbonyl (C=O) groups is 4. The van der Waals surface area contributed by atoms with E-state index in [2.05, 4.69) is 25.1 Å². The van der Waals surface area contributed by atoms with Gasteiger partial charge in [-0.2, -0.15) is 0 Å². The quantitative estimate of drug-likeness (QED) is 0.469. The summed E-state index contributed by atoms with van der Waals surface area (Å²) in [6.07, 6.45) is 1.18. The van der Waals surface area contributed by atoms with Crippen LogP contribution >= 0.6 is 0 Å². The van der Waals surface area contributed by atoms with Crippen molar-refractivity contribution in [2.45, 2.75) is 18.9 Å².